The molecular weight excluding hydrogens is 406 g/mol. The number of rotatable bonds is 6. The number of carbonyl (C=O) groups excluding carboxylic acids is 1. The highest BCUT2D eigenvalue weighted by Crippen LogP contribution is 2.22. The molecule has 28 heavy (non-hydrogen) atoms. The summed E-state index contributed by atoms with van der Waals surface area (Å²) in [6, 6.07) is 7.57. The molecule has 150 valence electrons. The Morgan fingerprint density at radius 2 is 1.86 bits per heavy atom. The van der Waals surface area contributed by atoms with Gasteiger partial charge in [0.2, 0.25) is 11.8 Å². The summed E-state index contributed by atoms with van der Waals surface area (Å²) in [7, 11) is -3.68. The molecule has 0 radical (unpaired) electrons. The van der Waals surface area contributed by atoms with E-state index in [0.29, 0.717) is 22.0 Å². The van der Waals surface area contributed by atoms with Crippen LogP contribution in [-0.4, -0.2) is 30.4 Å². The Hall–Kier alpha value is -2.99. The molecule has 3 aromatic rings. The molecule has 2 heterocycles. The predicted molar refractivity (Wildman–Crippen MR) is 104 cm³/mol. The number of thioether (sulfide) groups is 1. The van der Waals surface area contributed by atoms with Gasteiger partial charge in [0, 0.05) is 17.3 Å². The highest BCUT2D eigenvalue weighted by molar-refractivity contribution is 7.99. The maximum Gasteiger partial charge on any atom is 0.264 e. The molecule has 2 aromatic heterocycles. The number of nitrogens with one attached hydrogen (secondary N) is 1. The number of benzene rings is 1. The van der Waals surface area contributed by atoms with E-state index in [2.05, 4.69) is 19.6 Å². The number of anilines is 2. The van der Waals surface area contributed by atoms with E-state index in [1.807, 2.05) is 0 Å². The summed E-state index contributed by atoms with van der Waals surface area (Å²) in [6.07, 6.45) is 1.45. The summed E-state index contributed by atoms with van der Waals surface area (Å²) in [5.41, 5.74) is 12.2. The fraction of sp³-hybridized carbons (Fsp3) is 0.188. The van der Waals surface area contributed by atoms with E-state index in [1.165, 1.54) is 42.3 Å². The summed E-state index contributed by atoms with van der Waals surface area (Å²) in [6.45, 7) is 3.46. The highest BCUT2D eigenvalue weighted by atomic mass is 32.2. The van der Waals surface area contributed by atoms with Gasteiger partial charge in [0.05, 0.1) is 16.3 Å². The van der Waals surface area contributed by atoms with Crippen LogP contribution in [0.15, 0.2) is 55.6 Å². The van der Waals surface area contributed by atoms with Crippen molar-refractivity contribution in [2.75, 3.05) is 16.2 Å². The van der Waals surface area contributed by atoms with Crippen molar-refractivity contribution in [3.05, 3.63) is 47.9 Å². The number of carbonyl (C=O) groups is 1. The minimum absolute atomic E-state index is 0.116. The first-order chi connectivity index (χ1) is 13.2. The largest absolute Gasteiger partial charge is 0.399 e. The third kappa shape index (κ3) is 6.03. The average Bonchev–Trinajstić information content (AvgIpc) is 3.26. The standard InChI is InChI=1S/C11H13N3O3S.C5H6N2O2S/c1-7-8(2)13-17-11(7)14-18(15,16)10-5-3-9(12)4-6-10;6-4(8)3-10-5-1-2-9-7-5/h3-6,14H,12H2,1-2H3;1-2H,3H2,(H2,6,8). The molecular formula is C16H19N5O5S2. The first kappa shape index (κ1) is 21.3. The van der Waals surface area contributed by atoms with Gasteiger partial charge in [-0.2, -0.15) is 0 Å². The zero-order valence-electron chi connectivity index (χ0n) is 15.1. The third-order valence-corrected chi connectivity index (χ3v) is 5.63. The second kappa shape index (κ2) is 9.28. The van der Waals surface area contributed by atoms with Crippen molar-refractivity contribution in [1.29, 1.82) is 0 Å². The number of hydrogen-bond acceptors (Lipinski definition) is 9. The molecule has 0 aliphatic rings. The predicted octanol–water partition coefficient (Wildman–Crippen LogP) is 1.93. The minimum Gasteiger partial charge on any atom is -0.399 e. The average molecular weight is 425 g/mol. The van der Waals surface area contributed by atoms with Gasteiger partial charge >= 0.3 is 0 Å². The van der Waals surface area contributed by atoms with Crippen LogP contribution in [0.2, 0.25) is 0 Å². The molecule has 10 nitrogen and oxygen atoms in total. The van der Waals surface area contributed by atoms with Crippen molar-refractivity contribution < 1.29 is 22.3 Å². The van der Waals surface area contributed by atoms with Crippen LogP contribution in [0.5, 0.6) is 0 Å². The lowest BCUT2D eigenvalue weighted by Gasteiger charge is -2.05. The van der Waals surface area contributed by atoms with Crippen LogP contribution in [0.25, 0.3) is 0 Å². The summed E-state index contributed by atoms with van der Waals surface area (Å²) >= 11 is 1.26. The van der Waals surface area contributed by atoms with Crippen LogP contribution >= 0.6 is 11.8 Å². The molecule has 0 aliphatic heterocycles. The van der Waals surface area contributed by atoms with Crippen molar-refractivity contribution in [2.45, 2.75) is 23.8 Å². The van der Waals surface area contributed by atoms with Crippen LogP contribution in [0.3, 0.4) is 0 Å². The van der Waals surface area contributed by atoms with Gasteiger partial charge in [0.15, 0.2) is 0 Å². The molecule has 1 aromatic carbocycles. The Kier molecular flexibility index (Phi) is 7.06. The number of aromatic nitrogens is 2. The summed E-state index contributed by atoms with van der Waals surface area (Å²) in [5.74, 6) is 0.0179. The first-order valence-electron chi connectivity index (χ1n) is 7.81. The molecule has 0 bridgehead atoms. The molecule has 3 rings (SSSR count). The second-order valence-corrected chi connectivity index (χ2v) is 8.17. The number of sulfonamides is 1. The van der Waals surface area contributed by atoms with Gasteiger partial charge in [-0.05, 0) is 38.1 Å². The van der Waals surface area contributed by atoms with E-state index >= 15 is 0 Å². The number of amides is 1. The minimum atomic E-state index is -3.68. The molecule has 5 N–H and O–H groups in total. The van der Waals surface area contributed by atoms with E-state index in [9.17, 15) is 13.2 Å². The molecule has 0 atom stereocenters. The van der Waals surface area contributed by atoms with Crippen molar-refractivity contribution in [3.63, 3.8) is 0 Å². The van der Waals surface area contributed by atoms with Crippen molar-refractivity contribution >= 4 is 39.3 Å². The maximum atomic E-state index is 12.0. The molecule has 0 spiro atoms. The van der Waals surface area contributed by atoms with Gasteiger partial charge in [0.1, 0.15) is 11.3 Å². The van der Waals surface area contributed by atoms with Gasteiger partial charge in [-0.15, -0.1) is 0 Å². The second-order valence-electron chi connectivity index (χ2n) is 5.49. The van der Waals surface area contributed by atoms with Gasteiger partial charge in [0.25, 0.3) is 10.0 Å². The SMILES string of the molecule is Cc1noc(NS(=O)(=O)c2ccc(N)cc2)c1C.NC(=O)CSc1ccon1. The monoisotopic (exact) mass is 425 g/mol. The van der Waals surface area contributed by atoms with E-state index in [0.717, 1.165) is 0 Å². The molecule has 12 heteroatoms. The Labute approximate surface area is 165 Å². The van der Waals surface area contributed by atoms with E-state index < -0.39 is 10.0 Å². The molecule has 0 unspecified atom stereocenters. The lowest BCUT2D eigenvalue weighted by Crippen LogP contribution is -2.13. The molecule has 0 saturated heterocycles. The quantitative estimate of drug-likeness (QED) is 0.395. The van der Waals surface area contributed by atoms with Crippen molar-refractivity contribution in [1.82, 2.24) is 10.3 Å². The number of nitrogen functional groups attached to an aromatic ring is 1. The molecule has 1 amide bonds. The number of nitrogens with zero attached hydrogens (tertiary/aromatic N) is 2. The zero-order valence-corrected chi connectivity index (χ0v) is 16.7. The van der Waals surface area contributed by atoms with Crippen LogP contribution in [0, 0.1) is 13.8 Å². The Bertz CT molecular complexity index is 1010. The highest BCUT2D eigenvalue weighted by Gasteiger charge is 2.18. The normalized spacial score (nSPS) is 10.8. The van der Waals surface area contributed by atoms with Crippen LogP contribution in [0.1, 0.15) is 11.3 Å². The fourth-order valence-corrected chi connectivity index (χ4v) is 3.34. The van der Waals surface area contributed by atoms with Crippen molar-refractivity contribution in [3.8, 4) is 0 Å². The van der Waals surface area contributed by atoms with Crippen LogP contribution < -0.4 is 16.2 Å². The van der Waals surface area contributed by atoms with Gasteiger partial charge in [-0.3, -0.25) is 4.79 Å². The maximum absolute atomic E-state index is 12.0. The van der Waals surface area contributed by atoms with E-state index in [1.54, 1.807) is 19.9 Å². The Morgan fingerprint density at radius 3 is 2.36 bits per heavy atom. The third-order valence-electron chi connectivity index (χ3n) is 3.35. The first-order valence-corrected chi connectivity index (χ1v) is 10.3. The Morgan fingerprint density at radius 1 is 1.18 bits per heavy atom. The summed E-state index contributed by atoms with van der Waals surface area (Å²) in [5, 5.41) is 7.93. The van der Waals surface area contributed by atoms with Crippen LogP contribution in [0.4, 0.5) is 11.6 Å². The summed E-state index contributed by atoms with van der Waals surface area (Å²) < 4.78 is 35.8. The van der Waals surface area contributed by atoms with Gasteiger partial charge in [-0.1, -0.05) is 22.1 Å². The lowest BCUT2D eigenvalue weighted by atomic mass is 10.3. The smallest absolute Gasteiger partial charge is 0.264 e. The Balaban J connectivity index is 0.000000237. The van der Waals surface area contributed by atoms with E-state index in [-0.39, 0.29) is 22.4 Å². The summed E-state index contributed by atoms with van der Waals surface area (Å²) in [4.78, 5) is 10.4. The molecule has 0 saturated carbocycles. The van der Waals surface area contributed by atoms with Gasteiger partial charge < -0.3 is 20.5 Å². The number of aryl methyl sites for hydroxylation is 1. The topological polar surface area (TPSA) is 167 Å². The molecule has 0 fully saturated rings. The molecule has 0 aliphatic carbocycles. The van der Waals surface area contributed by atoms with Gasteiger partial charge in [-0.25, -0.2) is 13.1 Å². The number of nitrogens with two attached hydrogens (primary N) is 2. The fourth-order valence-electron chi connectivity index (χ4n) is 1.76. The zero-order chi connectivity index (χ0) is 20.7. The number of hydrogen-bond donors (Lipinski definition) is 3. The lowest BCUT2D eigenvalue weighted by molar-refractivity contribution is -0.115. The van der Waals surface area contributed by atoms with Crippen LogP contribution in [-0.2, 0) is 14.8 Å². The number of primary amides is 1. The van der Waals surface area contributed by atoms with Crippen molar-refractivity contribution in [2.24, 2.45) is 5.73 Å². The van der Waals surface area contributed by atoms with E-state index in [4.69, 9.17) is 16.0 Å².